The van der Waals surface area contributed by atoms with Crippen molar-refractivity contribution in [3.63, 3.8) is 0 Å². The molecule has 1 saturated heterocycles. The van der Waals surface area contributed by atoms with Gasteiger partial charge in [-0.2, -0.15) is 0 Å². The highest BCUT2D eigenvalue weighted by Gasteiger charge is 2.26. The molecule has 1 aliphatic heterocycles. The summed E-state index contributed by atoms with van der Waals surface area (Å²) >= 11 is 3.46. The number of rotatable bonds is 4. The lowest BCUT2D eigenvalue weighted by Crippen LogP contribution is -2.33. The fourth-order valence-electron chi connectivity index (χ4n) is 2.33. The average Bonchev–Trinajstić information content (AvgIpc) is 2.91. The van der Waals surface area contributed by atoms with E-state index in [0.29, 0.717) is 19.7 Å². The highest BCUT2D eigenvalue weighted by Crippen LogP contribution is 2.26. The van der Waals surface area contributed by atoms with Gasteiger partial charge in [0.05, 0.1) is 6.61 Å². The Hall–Kier alpha value is -1.11. The lowest BCUT2D eigenvalue weighted by atomic mass is 10.1. The van der Waals surface area contributed by atoms with Crippen LogP contribution in [0.5, 0.6) is 0 Å². The van der Waals surface area contributed by atoms with Crippen LogP contribution >= 0.6 is 15.9 Å². The van der Waals surface area contributed by atoms with Gasteiger partial charge in [-0.25, -0.2) is 4.79 Å². The molecule has 0 saturated carbocycles. The van der Waals surface area contributed by atoms with E-state index in [0.717, 1.165) is 22.1 Å². The van der Waals surface area contributed by atoms with Gasteiger partial charge in [-0.15, -0.1) is 0 Å². The smallest absolute Gasteiger partial charge is 0.321 e. The van der Waals surface area contributed by atoms with Crippen molar-refractivity contribution in [3.05, 3.63) is 28.2 Å². The molecule has 1 atom stereocenters. The molecule has 1 aromatic rings. The summed E-state index contributed by atoms with van der Waals surface area (Å²) in [4.78, 5) is 14.0. The van der Waals surface area contributed by atoms with Crippen molar-refractivity contribution in [1.82, 2.24) is 4.90 Å². The Morgan fingerprint density at radius 1 is 1.60 bits per heavy atom. The molecular weight excluding hydrogens is 324 g/mol. The summed E-state index contributed by atoms with van der Waals surface area (Å²) < 4.78 is 6.07. The molecule has 1 unspecified atom stereocenters. The number of hydrogen-bond donors (Lipinski definition) is 2. The second-order valence-corrected chi connectivity index (χ2v) is 5.77. The second-order valence-electron chi connectivity index (χ2n) is 4.91. The Morgan fingerprint density at radius 2 is 2.40 bits per heavy atom. The number of anilines is 1. The first-order valence-corrected chi connectivity index (χ1v) is 7.38. The fraction of sp³-hybridized carbons (Fsp3) is 0.500. The number of likely N-dealkylation sites (tertiary alicyclic amines) is 1. The Bertz CT molecular complexity index is 481. The number of hydrogen-bond acceptors (Lipinski definition) is 3. The van der Waals surface area contributed by atoms with Crippen LogP contribution in [-0.2, 0) is 11.3 Å². The van der Waals surface area contributed by atoms with E-state index in [1.54, 1.807) is 12.0 Å². The van der Waals surface area contributed by atoms with Crippen LogP contribution < -0.4 is 5.32 Å². The van der Waals surface area contributed by atoms with Gasteiger partial charge in [0.25, 0.3) is 0 Å². The number of halogens is 1. The molecule has 2 amide bonds. The predicted octanol–water partition coefficient (Wildman–Crippen LogP) is 2.44. The zero-order valence-corrected chi connectivity index (χ0v) is 13.0. The van der Waals surface area contributed by atoms with Crippen molar-refractivity contribution in [1.29, 1.82) is 0 Å². The number of nitrogens with one attached hydrogen (secondary N) is 1. The van der Waals surface area contributed by atoms with Crippen LogP contribution in [0.25, 0.3) is 0 Å². The quantitative estimate of drug-likeness (QED) is 0.883. The van der Waals surface area contributed by atoms with Crippen LogP contribution in [0.3, 0.4) is 0 Å². The normalized spacial score (nSPS) is 18.4. The molecule has 1 heterocycles. The topological polar surface area (TPSA) is 61.8 Å². The molecule has 0 aliphatic carbocycles. The third-order valence-electron chi connectivity index (χ3n) is 3.48. The number of methoxy groups -OCH3 is 1. The van der Waals surface area contributed by atoms with E-state index >= 15 is 0 Å². The minimum absolute atomic E-state index is 0.128. The van der Waals surface area contributed by atoms with Crippen molar-refractivity contribution in [3.8, 4) is 0 Å². The summed E-state index contributed by atoms with van der Waals surface area (Å²) in [5.41, 5.74) is 1.67. The van der Waals surface area contributed by atoms with Crippen LogP contribution in [0.15, 0.2) is 22.7 Å². The van der Waals surface area contributed by atoms with E-state index in [9.17, 15) is 4.79 Å². The SMILES string of the molecule is COCc1c(Br)cccc1NC(=O)N1CCC(CO)C1. The van der Waals surface area contributed by atoms with Gasteiger partial charge in [0.1, 0.15) is 0 Å². The maximum absolute atomic E-state index is 12.2. The zero-order chi connectivity index (χ0) is 14.5. The van der Waals surface area contributed by atoms with E-state index < -0.39 is 0 Å². The van der Waals surface area contributed by atoms with Crippen molar-refractivity contribution in [2.45, 2.75) is 13.0 Å². The molecule has 110 valence electrons. The van der Waals surface area contributed by atoms with Gasteiger partial charge in [-0.05, 0) is 18.6 Å². The van der Waals surface area contributed by atoms with E-state index in [4.69, 9.17) is 9.84 Å². The van der Waals surface area contributed by atoms with E-state index in [1.807, 2.05) is 18.2 Å². The Balaban J connectivity index is 2.06. The molecule has 0 bridgehead atoms. The van der Waals surface area contributed by atoms with Gasteiger partial charge in [0, 0.05) is 48.4 Å². The van der Waals surface area contributed by atoms with Crippen LogP contribution in [0.2, 0.25) is 0 Å². The highest BCUT2D eigenvalue weighted by molar-refractivity contribution is 9.10. The van der Waals surface area contributed by atoms with Crippen LogP contribution in [0.1, 0.15) is 12.0 Å². The zero-order valence-electron chi connectivity index (χ0n) is 11.4. The number of aliphatic hydroxyl groups excluding tert-OH is 1. The molecule has 2 rings (SSSR count). The number of aliphatic hydroxyl groups is 1. The Labute approximate surface area is 127 Å². The fourth-order valence-corrected chi connectivity index (χ4v) is 2.81. The number of amides is 2. The second kappa shape index (κ2) is 7.06. The maximum Gasteiger partial charge on any atom is 0.321 e. The molecule has 1 aromatic carbocycles. The summed E-state index contributed by atoms with van der Waals surface area (Å²) in [6, 6.07) is 5.52. The lowest BCUT2D eigenvalue weighted by Gasteiger charge is -2.19. The molecule has 0 aromatic heterocycles. The van der Waals surface area contributed by atoms with E-state index in [-0.39, 0.29) is 18.6 Å². The summed E-state index contributed by atoms with van der Waals surface area (Å²) in [6.07, 6.45) is 0.854. The van der Waals surface area contributed by atoms with Crippen molar-refractivity contribution >= 4 is 27.6 Å². The Morgan fingerprint density at radius 3 is 3.05 bits per heavy atom. The van der Waals surface area contributed by atoms with Crippen molar-refractivity contribution in [2.75, 3.05) is 32.1 Å². The molecule has 1 fully saturated rings. The molecular formula is C14H19BrN2O3. The minimum Gasteiger partial charge on any atom is -0.396 e. The first-order chi connectivity index (χ1) is 9.65. The number of carbonyl (C=O) groups is 1. The van der Waals surface area contributed by atoms with Gasteiger partial charge in [0.2, 0.25) is 0 Å². The van der Waals surface area contributed by atoms with Gasteiger partial charge < -0.3 is 20.1 Å². The third-order valence-corrected chi connectivity index (χ3v) is 4.22. The molecule has 2 N–H and O–H groups in total. The van der Waals surface area contributed by atoms with Crippen LogP contribution in [-0.4, -0.2) is 42.8 Å². The van der Waals surface area contributed by atoms with Gasteiger partial charge in [-0.1, -0.05) is 22.0 Å². The monoisotopic (exact) mass is 342 g/mol. The predicted molar refractivity (Wildman–Crippen MR) is 80.6 cm³/mol. The van der Waals surface area contributed by atoms with Crippen LogP contribution in [0.4, 0.5) is 10.5 Å². The summed E-state index contributed by atoms with van der Waals surface area (Å²) in [5, 5.41) is 12.0. The first-order valence-electron chi connectivity index (χ1n) is 6.58. The highest BCUT2D eigenvalue weighted by atomic mass is 79.9. The molecule has 0 radical (unpaired) electrons. The number of urea groups is 1. The maximum atomic E-state index is 12.2. The standard InChI is InChI=1S/C14H19BrN2O3/c1-20-9-11-12(15)3-2-4-13(11)16-14(19)17-6-5-10(7-17)8-18/h2-4,10,18H,5-9H2,1H3,(H,16,19). The van der Waals surface area contributed by atoms with Crippen molar-refractivity contribution in [2.24, 2.45) is 5.92 Å². The molecule has 6 heteroatoms. The van der Waals surface area contributed by atoms with Gasteiger partial charge in [0.15, 0.2) is 0 Å². The van der Waals surface area contributed by atoms with E-state index in [1.165, 1.54) is 0 Å². The van der Waals surface area contributed by atoms with Gasteiger partial charge in [-0.3, -0.25) is 0 Å². The minimum atomic E-state index is -0.128. The summed E-state index contributed by atoms with van der Waals surface area (Å²) in [7, 11) is 1.62. The van der Waals surface area contributed by atoms with Crippen molar-refractivity contribution < 1.29 is 14.6 Å². The molecule has 20 heavy (non-hydrogen) atoms. The average molecular weight is 343 g/mol. The lowest BCUT2D eigenvalue weighted by molar-refractivity contribution is 0.184. The number of nitrogens with zero attached hydrogens (tertiary/aromatic N) is 1. The summed E-state index contributed by atoms with van der Waals surface area (Å²) in [5.74, 6) is 0.196. The number of ether oxygens (including phenoxy) is 1. The van der Waals surface area contributed by atoms with Crippen LogP contribution in [0, 0.1) is 5.92 Å². The molecule has 0 spiro atoms. The largest absolute Gasteiger partial charge is 0.396 e. The Kier molecular flexibility index (Phi) is 5.39. The first kappa shape index (κ1) is 15.3. The number of carbonyl (C=O) groups excluding carboxylic acids is 1. The molecule has 1 aliphatic rings. The van der Waals surface area contributed by atoms with E-state index in [2.05, 4.69) is 21.2 Å². The third kappa shape index (κ3) is 3.50. The number of benzene rings is 1. The molecule has 5 nitrogen and oxygen atoms in total. The van der Waals surface area contributed by atoms with Gasteiger partial charge >= 0.3 is 6.03 Å². The summed E-state index contributed by atoms with van der Waals surface area (Å²) in [6.45, 7) is 1.85.